The van der Waals surface area contributed by atoms with E-state index >= 15 is 0 Å². The van der Waals surface area contributed by atoms with Crippen LogP contribution in [-0.2, 0) is 10.2 Å². The molecule has 0 radical (unpaired) electrons. The average molecular weight is 355 g/mol. The molecule has 21 heavy (non-hydrogen) atoms. The molecule has 1 aliphatic rings. The van der Waals surface area contributed by atoms with Gasteiger partial charge in [-0.15, -0.1) is 0 Å². The molecule has 0 amide bonds. The standard InChI is InChI=1S/C18H27BrO2/c1-6-9-20-17-14(19)11-16(17)21-15-8-7-12(2)10-13(15)18(3,4)5/h7-8,10,14,16-17H,6,9,11H2,1-5H3. The minimum Gasteiger partial charge on any atom is -0.487 e. The summed E-state index contributed by atoms with van der Waals surface area (Å²) in [5, 5.41) is 0. The Morgan fingerprint density at radius 3 is 2.57 bits per heavy atom. The van der Waals surface area contributed by atoms with Crippen LogP contribution in [0.25, 0.3) is 0 Å². The van der Waals surface area contributed by atoms with Gasteiger partial charge >= 0.3 is 0 Å². The van der Waals surface area contributed by atoms with E-state index in [0.29, 0.717) is 4.83 Å². The monoisotopic (exact) mass is 354 g/mol. The molecule has 0 N–H and O–H groups in total. The van der Waals surface area contributed by atoms with Crippen LogP contribution in [0.5, 0.6) is 5.75 Å². The molecule has 1 saturated carbocycles. The van der Waals surface area contributed by atoms with E-state index in [1.807, 2.05) is 0 Å². The topological polar surface area (TPSA) is 18.5 Å². The summed E-state index contributed by atoms with van der Waals surface area (Å²) in [7, 11) is 0. The molecule has 1 aromatic rings. The van der Waals surface area contributed by atoms with E-state index in [0.717, 1.165) is 25.2 Å². The first-order valence-electron chi connectivity index (χ1n) is 7.86. The van der Waals surface area contributed by atoms with Crippen molar-refractivity contribution in [3.63, 3.8) is 0 Å². The minimum atomic E-state index is 0.0820. The van der Waals surface area contributed by atoms with Crippen molar-refractivity contribution in [1.29, 1.82) is 0 Å². The zero-order chi connectivity index (χ0) is 15.6. The van der Waals surface area contributed by atoms with Crippen LogP contribution in [0.2, 0.25) is 0 Å². The molecular weight excluding hydrogens is 328 g/mol. The predicted molar refractivity (Wildman–Crippen MR) is 91.7 cm³/mol. The third kappa shape index (κ3) is 4.01. The van der Waals surface area contributed by atoms with Crippen molar-refractivity contribution in [2.24, 2.45) is 0 Å². The zero-order valence-electron chi connectivity index (χ0n) is 13.8. The molecule has 1 fully saturated rings. The number of alkyl halides is 1. The summed E-state index contributed by atoms with van der Waals surface area (Å²) < 4.78 is 12.2. The van der Waals surface area contributed by atoms with Crippen molar-refractivity contribution in [3.8, 4) is 5.75 Å². The van der Waals surface area contributed by atoms with E-state index in [-0.39, 0.29) is 17.6 Å². The third-order valence-corrected chi connectivity index (χ3v) is 4.81. The summed E-state index contributed by atoms with van der Waals surface area (Å²) in [6.45, 7) is 11.8. The van der Waals surface area contributed by atoms with E-state index in [9.17, 15) is 0 Å². The Balaban J connectivity index is 2.13. The van der Waals surface area contributed by atoms with Gasteiger partial charge in [0.2, 0.25) is 0 Å². The van der Waals surface area contributed by atoms with Gasteiger partial charge in [0.1, 0.15) is 18.0 Å². The highest BCUT2D eigenvalue weighted by atomic mass is 79.9. The van der Waals surface area contributed by atoms with Crippen LogP contribution in [-0.4, -0.2) is 23.6 Å². The molecule has 2 rings (SSSR count). The van der Waals surface area contributed by atoms with Crippen LogP contribution in [0, 0.1) is 6.92 Å². The summed E-state index contributed by atoms with van der Waals surface area (Å²) in [4.78, 5) is 0.414. The summed E-state index contributed by atoms with van der Waals surface area (Å²) in [5.74, 6) is 1.00. The normalized spacial score (nSPS) is 25.5. The van der Waals surface area contributed by atoms with Gasteiger partial charge in [0.15, 0.2) is 0 Å². The van der Waals surface area contributed by atoms with Crippen molar-refractivity contribution in [3.05, 3.63) is 29.3 Å². The second-order valence-electron chi connectivity index (χ2n) is 6.99. The second-order valence-corrected chi connectivity index (χ2v) is 8.17. The molecule has 1 aliphatic carbocycles. The smallest absolute Gasteiger partial charge is 0.127 e. The summed E-state index contributed by atoms with van der Waals surface area (Å²) in [6.07, 6.45) is 2.37. The summed E-state index contributed by atoms with van der Waals surface area (Å²) >= 11 is 3.68. The number of rotatable bonds is 5. The molecule has 0 bridgehead atoms. The molecule has 3 atom stereocenters. The Labute approximate surface area is 137 Å². The average Bonchev–Trinajstić information content (AvgIpc) is 2.39. The fourth-order valence-electron chi connectivity index (χ4n) is 2.60. The fourth-order valence-corrected chi connectivity index (χ4v) is 3.47. The number of hydrogen-bond acceptors (Lipinski definition) is 2. The van der Waals surface area contributed by atoms with E-state index in [1.165, 1.54) is 11.1 Å². The van der Waals surface area contributed by atoms with Crippen molar-refractivity contribution >= 4 is 15.9 Å². The number of halogens is 1. The third-order valence-electron chi connectivity index (χ3n) is 3.92. The van der Waals surface area contributed by atoms with E-state index < -0.39 is 0 Å². The highest BCUT2D eigenvalue weighted by molar-refractivity contribution is 9.09. The van der Waals surface area contributed by atoms with Crippen LogP contribution in [0.4, 0.5) is 0 Å². The molecule has 3 unspecified atom stereocenters. The van der Waals surface area contributed by atoms with E-state index in [4.69, 9.17) is 9.47 Å². The van der Waals surface area contributed by atoms with Gasteiger partial charge in [-0.1, -0.05) is 61.3 Å². The highest BCUT2D eigenvalue weighted by Gasteiger charge is 2.42. The fraction of sp³-hybridized carbons (Fsp3) is 0.667. The first-order valence-corrected chi connectivity index (χ1v) is 8.78. The lowest BCUT2D eigenvalue weighted by Crippen LogP contribution is -2.52. The van der Waals surface area contributed by atoms with Crippen LogP contribution >= 0.6 is 15.9 Å². The molecule has 0 aliphatic heterocycles. The number of hydrogen-bond donors (Lipinski definition) is 0. The lowest BCUT2D eigenvalue weighted by Gasteiger charge is -2.41. The molecular formula is C18H27BrO2. The van der Waals surface area contributed by atoms with Crippen LogP contribution in [0.15, 0.2) is 18.2 Å². The number of benzene rings is 1. The molecule has 0 spiro atoms. The quantitative estimate of drug-likeness (QED) is 0.692. The first-order chi connectivity index (χ1) is 9.82. The minimum absolute atomic E-state index is 0.0820. The van der Waals surface area contributed by atoms with Gasteiger partial charge in [-0.3, -0.25) is 0 Å². The Morgan fingerprint density at radius 2 is 2.00 bits per heavy atom. The lowest BCUT2D eigenvalue weighted by atomic mass is 9.85. The Kier molecular flexibility index (Phi) is 5.37. The van der Waals surface area contributed by atoms with Gasteiger partial charge in [-0.25, -0.2) is 0 Å². The van der Waals surface area contributed by atoms with Crippen LogP contribution in [0.3, 0.4) is 0 Å². The molecule has 0 heterocycles. The molecule has 2 nitrogen and oxygen atoms in total. The summed E-state index contributed by atoms with van der Waals surface area (Å²) in [6, 6.07) is 6.46. The Hall–Kier alpha value is -0.540. The highest BCUT2D eigenvalue weighted by Crippen LogP contribution is 2.38. The van der Waals surface area contributed by atoms with Crippen molar-refractivity contribution < 1.29 is 9.47 Å². The largest absolute Gasteiger partial charge is 0.487 e. The maximum atomic E-state index is 6.29. The van der Waals surface area contributed by atoms with E-state index in [2.05, 4.69) is 68.7 Å². The molecule has 118 valence electrons. The summed E-state index contributed by atoms with van der Waals surface area (Å²) in [5.41, 5.74) is 2.63. The van der Waals surface area contributed by atoms with Gasteiger partial charge in [-0.05, 0) is 30.4 Å². The maximum absolute atomic E-state index is 6.29. The van der Waals surface area contributed by atoms with Gasteiger partial charge in [0.05, 0.1) is 0 Å². The zero-order valence-corrected chi connectivity index (χ0v) is 15.4. The molecule has 3 heteroatoms. The van der Waals surface area contributed by atoms with Gasteiger partial charge in [-0.2, -0.15) is 0 Å². The molecule has 0 saturated heterocycles. The lowest BCUT2D eigenvalue weighted by molar-refractivity contribution is -0.0766. The maximum Gasteiger partial charge on any atom is 0.127 e. The first kappa shape index (κ1) is 16.8. The molecule has 1 aromatic carbocycles. The SMILES string of the molecule is CCCOC1C(Br)CC1Oc1ccc(C)cc1C(C)(C)C. The van der Waals surface area contributed by atoms with Gasteiger partial charge < -0.3 is 9.47 Å². The Bertz CT molecular complexity index is 479. The number of aryl methyl sites for hydroxylation is 1. The second kappa shape index (κ2) is 6.70. The van der Waals surface area contributed by atoms with Crippen molar-refractivity contribution in [2.75, 3.05) is 6.61 Å². The van der Waals surface area contributed by atoms with Crippen LogP contribution < -0.4 is 4.74 Å². The van der Waals surface area contributed by atoms with Gasteiger partial charge in [0, 0.05) is 17.9 Å². The molecule has 0 aromatic heterocycles. The number of ether oxygens (including phenoxy) is 2. The Morgan fingerprint density at radius 1 is 1.29 bits per heavy atom. The van der Waals surface area contributed by atoms with E-state index in [1.54, 1.807) is 0 Å². The van der Waals surface area contributed by atoms with Crippen LogP contribution in [0.1, 0.15) is 51.7 Å². The van der Waals surface area contributed by atoms with Crippen molar-refractivity contribution in [2.45, 2.75) is 69.9 Å². The predicted octanol–water partition coefficient (Wildman–Crippen LogP) is 5.00. The van der Waals surface area contributed by atoms with Gasteiger partial charge in [0.25, 0.3) is 0 Å². The van der Waals surface area contributed by atoms with Crippen molar-refractivity contribution in [1.82, 2.24) is 0 Å².